The molecule has 1 amide bonds. The number of halogens is 3. The van der Waals surface area contributed by atoms with E-state index >= 15 is 0 Å². The van der Waals surface area contributed by atoms with Gasteiger partial charge in [0.05, 0.1) is 30.2 Å². The van der Waals surface area contributed by atoms with E-state index in [2.05, 4.69) is 5.32 Å². The van der Waals surface area contributed by atoms with Crippen molar-refractivity contribution in [2.75, 3.05) is 24.3 Å². The first-order chi connectivity index (χ1) is 9.77. The molecule has 1 heterocycles. The van der Waals surface area contributed by atoms with E-state index in [0.717, 1.165) is 18.2 Å². The highest BCUT2D eigenvalue weighted by Gasteiger charge is 2.31. The van der Waals surface area contributed by atoms with Gasteiger partial charge in [-0.1, -0.05) is 0 Å². The summed E-state index contributed by atoms with van der Waals surface area (Å²) in [5.41, 5.74) is 4.63. The maximum Gasteiger partial charge on any atom is 0.416 e. The molecule has 1 aliphatic rings. The lowest BCUT2D eigenvalue weighted by Gasteiger charge is -2.28. The van der Waals surface area contributed by atoms with Crippen molar-refractivity contribution in [1.29, 1.82) is 0 Å². The lowest BCUT2D eigenvalue weighted by Crippen LogP contribution is -2.41. The number of alkyl halides is 3. The second-order valence-electron chi connectivity index (χ2n) is 4.73. The van der Waals surface area contributed by atoms with Crippen molar-refractivity contribution in [3.8, 4) is 0 Å². The van der Waals surface area contributed by atoms with Crippen LogP contribution in [0.15, 0.2) is 18.2 Å². The number of carbonyl (C=O) groups is 1. The maximum atomic E-state index is 12.5. The highest BCUT2D eigenvalue weighted by molar-refractivity contribution is 5.96. The normalized spacial score (nSPS) is 17.1. The van der Waals surface area contributed by atoms with Gasteiger partial charge in [0, 0.05) is 0 Å². The van der Waals surface area contributed by atoms with Gasteiger partial charge in [0.15, 0.2) is 0 Å². The molecular formula is C13H15F3N2O3. The summed E-state index contributed by atoms with van der Waals surface area (Å²) in [5.74, 6) is -0.478. The molecule has 2 rings (SSSR count). The molecule has 1 aromatic carbocycles. The van der Waals surface area contributed by atoms with Crippen LogP contribution in [0.25, 0.3) is 0 Å². The van der Waals surface area contributed by atoms with E-state index < -0.39 is 23.8 Å². The first-order valence-electron chi connectivity index (χ1n) is 6.28. The number of nitrogen functional groups attached to an aromatic ring is 1. The number of carbonyl (C=O) groups excluding carboxylic acids is 1. The van der Waals surface area contributed by atoms with Gasteiger partial charge in [-0.3, -0.25) is 4.79 Å². The van der Waals surface area contributed by atoms with Gasteiger partial charge in [-0.05, 0) is 25.1 Å². The largest absolute Gasteiger partial charge is 0.416 e. The number of rotatable bonds is 4. The maximum absolute atomic E-state index is 12.5. The summed E-state index contributed by atoms with van der Waals surface area (Å²) in [4.78, 5) is 11.9. The van der Waals surface area contributed by atoms with Crippen LogP contribution < -0.4 is 11.1 Å². The minimum atomic E-state index is -4.47. The molecule has 1 aliphatic heterocycles. The molecule has 0 spiro atoms. The van der Waals surface area contributed by atoms with Crippen molar-refractivity contribution in [2.24, 2.45) is 0 Å². The van der Waals surface area contributed by atoms with Crippen LogP contribution in [0.1, 0.15) is 12.5 Å². The molecule has 1 saturated heterocycles. The fourth-order valence-corrected chi connectivity index (χ4v) is 1.73. The van der Waals surface area contributed by atoms with Crippen LogP contribution in [-0.4, -0.2) is 31.3 Å². The molecule has 1 unspecified atom stereocenters. The standard InChI is InChI=1S/C13H15F3N2O3/c1-7(21-9-5-20-6-9)12(19)18-11-3-2-8(4-10(11)17)13(14,15)16/h2-4,7,9H,5-6,17H2,1H3,(H,18,19). The third-order valence-electron chi connectivity index (χ3n) is 3.01. The fourth-order valence-electron chi connectivity index (χ4n) is 1.73. The van der Waals surface area contributed by atoms with E-state index in [1.165, 1.54) is 0 Å². The lowest BCUT2D eigenvalue weighted by molar-refractivity contribution is -0.161. The Morgan fingerprint density at radius 2 is 2.14 bits per heavy atom. The number of nitrogens with two attached hydrogens (primary N) is 1. The van der Waals surface area contributed by atoms with Gasteiger partial charge >= 0.3 is 6.18 Å². The van der Waals surface area contributed by atoms with E-state index in [9.17, 15) is 18.0 Å². The lowest BCUT2D eigenvalue weighted by atomic mass is 10.1. The van der Waals surface area contributed by atoms with E-state index in [1.54, 1.807) is 6.92 Å². The van der Waals surface area contributed by atoms with Gasteiger partial charge in [-0.15, -0.1) is 0 Å². The molecule has 0 bridgehead atoms. The van der Waals surface area contributed by atoms with Crippen LogP contribution in [0, 0.1) is 0 Å². The minimum Gasteiger partial charge on any atom is -0.397 e. The molecular weight excluding hydrogens is 289 g/mol. The van der Waals surface area contributed by atoms with Crippen molar-refractivity contribution in [3.63, 3.8) is 0 Å². The zero-order valence-electron chi connectivity index (χ0n) is 11.2. The molecule has 8 heteroatoms. The van der Waals surface area contributed by atoms with Gasteiger partial charge < -0.3 is 20.5 Å². The molecule has 5 nitrogen and oxygen atoms in total. The summed E-state index contributed by atoms with van der Waals surface area (Å²) >= 11 is 0. The minimum absolute atomic E-state index is 0.119. The van der Waals surface area contributed by atoms with Crippen molar-refractivity contribution in [1.82, 2.24) is 0 Å². The van der Waals surface area contributed by atoms with E-state index in [-0.39, 0.29) is 17.5 Å². The summed E-state index contributed by atoms with van der Waals surface area (Å²) in [5, 5.41) is 2.45. The van der Waals surface area contributed by atoms with Crippen molar-refractivity contribution >= 4 is 17.3 Å². The van der Waals surface area contributed by atoms with E-state index in [4.69, 9.17) is 15.2 Å². The Hall–Kier alpha value is -1.80. The smallest absolute Gasteiger partial charge is 0.397 e. The van der Waals surface area contributed by atoms with Crippen molar-refractivity contribution < 1.29 is 27.4 Å². The first kappa shape index (κ1) is 15.6. The number of ether oxygens (including phenoxy) is 2. The molecule has 1 aromatic rings. The molecule has 0 aromatic heterocycles. The summed E-state index contributed by atoms with van der Waals surface area (Å²) in [6.45, 7) is 2.41. The Kier molecular flexibility index (Phi) is 4.38. The second kappa shape index (κ2) is 5.90. The molecule has 1 fully saturated rings. The number of hydrogen-bond acceptors (Lipinski definition) is 4. The third kappa shape index (κ3) is 3.85. The summed E-state index contributed by atoms with van der Waals surface area (Å²) < 4.78 is 47.8. The van der Waals surface area contributed by atoms with E-state index in [0.29, 0.717) is 13.2 Å². The predicted octanol–water partition coefficient (Wildman–Crippen LogP) is 2.03. The van der Waals surface area contributed by atoms with Crippen LogP contribution >= 0.6 is 0 Å². The molecule has 1 atom stereocenters. The number of hydrogen-bond donors (Lipinski definition) is 2. The van der Waals surface area contributed by atoms with Crippen LogP contribution in [0.2, 0.25) is 0 Å². The average Bonchev–Trinajstić information content (AvgIpc) is 2.34. The van der Waals surface area contributed by atoms with Gasteiger partial charge in [0.1, 0.15) is 12.2 Å². The molecule has 21 heavy (non-hydrogen) atoms. The Bertz CT molecular complexity index is 530. The number of benzene rings is 1. The summed E-state index contributed by atoms with van der Waals surface area (Å²) in [6, 6.07) is 2.76. The molecule has 0 aliphatic carbocycles. The number of amides is 1. The molecule has 3 N–H and O–H groups in total. The Morgan fingerprint density at radius 3 is 2.62 bits per heavy atom. The fraction of sp³-hybridized carbons (Fsp3) is 0.462. The van der Waals surface area contributed by atoms with Crippen molar-refractivity contribution in [2.45, 2.75) is 25.3 Å². The third-order valence-corrected chi connectivity index (χ3v) is 3.01. The number of nitrogens with one attached hydrogen (secondary N) is 1. The Labute approximate surface area is 119 Å². The predicted molar refractivity (Wildman–Crippen MR) is 69.6 cm³/mol. The molecule has 116 valence electrons. The monoisotopic (exact) mass is 304 g/mol. The number of anilines is 2. The van der Waals surface area contributed by atoms with Gasteiger partial charge in [-0.2, -0.15) is 13.2 Å². The molecule has 0 saturated carbocycles. The van der Waals surface area contributed by atoms with Crippen LogP contribution in [0.4, 0.5) is 24.5 Å². The van der Waals surface area contributed by atoms with Crippen LogP contribution in [0.3, 0.4) is 0 Å². The SMILES string of the molecule is CC(OC1COC1)C(=O)Nc1ccc(C(F)(F)F)cc1N. The average molecular weight is 304 g/mol. The van der Waals surface area contributed by atoms with Crippen LogP contribution in [0.5, 0.6) is 0 Å². The zero-order valence-corrected chi connectivity index (χ0v) is 11.2. The second-order valence-corrected chi connectivity index (χ2v) is 4.73. The summed E-state index contributed by atoms with van der Waals surface area (Å²) in [6.07, 6.45) is -5.35. The van der Waals surface area contributed by atoms with Crippen LogP contribution in [-0.2, 0) is 20.4 Å². The van der Waals surface area contributed by atoms with Gasteiger partial charge in [0.25, 0.3) is 5.91 Å². The summed E-state index contributed by atoms with van der Waals surface area (Å²) in [7, 11) is 0. The van der Waals surface area contributed by atoms with E-state index in [1.807, 2.05) is 0 Å². The van der Waals surface area contributed by atoms with Crippen molar-refractivity contribution in [3.05, 3.63) is 23.8 Å². The van der Waals surface area contributed by atoms with Gasteiger partial charge in [0.2, 0.25) is 0 Å². The molecule has 0 radical (unpaired) electrons. The highest BCUT2D eigenvalue weighted by Crippen LogP contribution is 2.32. The highest BCUT2D eigenvalue weighted by atomic mass is 19.4. The van der Waals surface area contributed by atoms with Gasteiger partial charge in [-0.25, -0.2) is 0 Å². The quantitative estimate of drug-likeness (QED) is 0.835. The topological polar surface area (TPSA) is 73.6 Å². The Morgan fingerprint density at radius 1 is 1.48 bits per heavy atom. The first-order valence-corrected chi connectivity index (χ1v) is 6.28. The Balaban J connectivity index is 2.00. The zero-order chi connectivity index (χ0) is 15.6.